The van der Waals surface area contributed by atoms with Gasteiger partial charge in [-0.25, -0.2) is 4.79 Å². The van der Waals surface area contributed by atoms with Crippen LogP contribution in [-0.2, 0) is 9.59 Å². The van der Waals surface area contributed by atoms with Gasteiger partial charge in [0.2, 0.25) is 11.0 Å². The lowest BCUT2D eigenvalue weighted by molar-refractivity contribution is -0.146. The van der Waals surface area contributed by atoms with Crippen LogP contribution in [0.1, 0.15) is 16.8 Å². The lowest BCUT2D eigenvalue weighted by atomic mass is 10.1. The molecule has 0 spiro atoms. The molecular weight excluding hydrogens is 322 g/mol. The zero-order valence-corrected chi connectivity index (χ0v) is 13.2. The molecule has 0 aromatic heterocycles. The Morgan fingerprint density at radius 3 is 2.68 bits per heavy atom. The largest absolute Gasteiger partial charge is 0.477 e. The van der Waals surface area contributed by atoms with Crippen molar-refractivity contribution in [3.8, 4) is 0 Å². The maximum atomic E-state index is 12.1. The molecule has 0 radical (unpaired) electrons. The molecule has 2 aliphatic heterocycles. The molecule has 1 saturated heterocycles. The van der Waals surface area contributed by atoms with Gasteiger partial charge >= 0.3 is 5.97 Å². The molecule has 1 aromatic carbocycles. The number of benzene rings is 1. The van der Waals surface area contributed by atoms with Crippen molar-refractivity contribution in [1.82, 2.24) is 4.90 Å². The molecule has 0 unspecified atom stereocenters. The number of rotatable bonds is 4. The number of amides is 1. The van der Waals surface area contributed by atoms with E-state index < -0.39 is 5.97 Å². The minimum absolute atomic E-state index is 0.0582. The number of carbonyl (C=O) groups excluding carboxylic acids is 2. The Morgan fingerprint density at radius 2 is 2.05 bits per heavy atom. The summed E-state index contributed by atoms with van der Waals surface area (Å²) >= 11 is 2.63. The average molecular weight is 335 g/mol. The van der Waals surface area contributed by atoms with Crippen molar-refractivity contribution in [3.63, 3.8) is 0 Å². The Labute approximate surface area is 135 Å². The molecular formula is C15H13NO4S2. The fraction of sp³-hybridized carbons (Fsp3) is 0.267. The molecule has 0 aliphatic carbocycles. The Balaban J connectivity index is 1.75. The second-order valence-corrected chi connectivity index (χ2v) is 7.05. The van der Waals surface area contributed by atoms with Crippen molar-refractivity contribution in [2.75, 3.05) is 11.5 Å². The smallest absolute Gasteiger partial charge is 0.352 e. The Morgan fingerprint density at radius 1 is 1.32 bits per heavy atom. The van der Waals surface area contributed by atoms with E-state index in [0.717, 1.165) is 11.8 Å². The van der Waals surface area contributed by atoms with E-state index in [0.29, 0.717) is 29.1 Å². The third-order valence-electron chi connectivity index (χ3n) is 3.52. The first-order valence-electron chi connectivity index (χ1n) is 6.69. The monoisotopic (exact) mass is 335 g/mol. The predicted molar refractivity (Wildman–Crippen MR) is 85.6 cm³/mol. The number of aliphatic carboxylic acids is 1. The lowest BCUT2D eigenvalue weighted by Gasteiger charge is -2.43. The van der Waals surface area contributed by atoms with Crippen LogP contribution in [0.2, 0.25) is 0 Å². The maximum Gasteiger partial charge on any atom is 0.352 e. The molecule has 1 atom stereocenters. The summed E-state index contributed by atoms with van der Waals surface area (Å²) in [7, 11) is 0. The standard InChI is InChI=1S/C15H13NO4S2/c17-11-6-12-16(11)13(14(18)19)10(7-21-12)8-22-15(20)9-4-2-1-3-5-9/h1-5,12H,6-8H2,(H,18,19)/t12-/m1/s1. The van der Waals surface area contributed by atoms with Gasteiger partial charge in [-0.05, 0) is 5.57 Å². The number of nitrogens with zero attached hydrogens (tertiary/aromatic N) is 1. The number of thioether (sulfide) groups is 2. The van der Waals surface area contributed by atoms with Crippen LogP contribution in [0.25, 0.3) is 0 Å². The zero-order valence-electron chi connectivity index (χ0n) is 11.5. The summed E-state index contributed by atoms with van der Waals surface area (Å²) in [5.74, 6) is -0.420. The summed E-state index contributed by atoms with van der Waals surface area (Å²) < 4.78 is 0. The van der Waals surface area contributed by atoms with Crippen LogP contribution in [-0.4, -0.2) is 43.9 Å². The molecule has 0 saturated carbocycles. The fourth-order valence-corrected chi connectivity index (χ4v) is 4.64. The zero-order chi connectivity index (χ0) is 15.7. The Bertz CT molecular complexity index is 671. The van der Waals surface area contributed by atoms with Crippen molar-refractivity contribution < 1.29 is 19.5 Å². The number of hydrogen-bond donors (Lipinski definition) is 1. The third kappa shape index (κ3) is 2.78. The van der Waals surface area contributed by atoms with E-state index in [9.17, 15) is 19.5 Å². The number of β-lactam (4-membered cyclic amide) rings is 1. The van der Waals surface area contributed by atoms with Crippen LogP contribution in [0, 0.1) is 0 Å². The Kier molecular flexibility index (Phi) is 4.26. The predicted octanol–water partition coefficient (Wildman–Crippen LogP) is 2.20. The highest BCUT2D eigenvalue weighted by molar-refractivity contribution is 8.14. The van der Waals surface area contributed by atoms with E-state index in [4.69, 9.17) is 0 Å². The molecule has 0 bridgehead atoms. The molecule has 1 fully saturated rings. The van der Waals surface area contributed by atoms with Gasteiger partial charge in [0.15, 0.2) is 0 Å². The number of hydrogen-bond acceptors (Lipinski definition) is 5. The molecule has 114 valence electrons. The van der Waals surface area contributed by atoms with Crippen molar-refractivity contribution in [2.24, 2.45) is 0 Å². The first-order valence-corrected chi connectivity index (χ1v) is 8.72. The summed E-state index contributed by atoms with van der Waals surface area (Å²) in [4.78, 5) is 36.5. The van der Waals surface area contributed by atoms with Gasteiger partial charge in [-0.15, -0.1) is 11.8 Å². The highest BCUT2D eigenvalue weighted by atomic mass is 32.2. The van der Waals surface area contributed by atoms with Crippen LogP contribution < -0.4 is 0 Å². The Hall–Kier alpha value is -1.73. The van der Waals surface area contributed by atoms with Crippen LogP contribution in [0.5, 0.6) is 0 Å². The van der Waals surface area contributed by atoms with Crippen LogP contribution in [0.4, 0.5) is 0 Å². The summed E-state index contributed by atoms with van der Waals surface area (Å²) in [5.41, 5.74) is 1.29. The molecule has 2 heterocycles. The van der Waals surface area contributed by atoms with Crippen molar-refractivity contribution in [1.29, 1.82) is 0 Å². The normalized spacial score (nSPS) is 20.5. The maximum absolute atomic E-state index is 12.1. The molecule has 5 nitrogen and oxygen atoms in total. The number of carboxylic acid groups (broad SMARTS) is 1. The van der Waals surface area contributed by atoms with Crippen LogP contribution in [0.3, 0.4) is 0 Å². The summed E-state index contributed by atoms with van der Waals surface area (Å²) in [6.07, 6.45) is 0.394. The number of carboxylic acids is 1. The first-order chi connectivity index (χ1) is 10.6. The molecule has 3 rings (SSSR count). The van der Waals surface area contributed by atoms with Crippen LogP contribution in [0.15, 0.2) is 41.6 Å². The minimum atomic E-state index is -1.10. The van der Waals surface area contributed by atoms with Gasteiger partial charge in [0, 0.05) is 17.1 Å². The molecule has 1 amide bonds. The molecule has 7 heteroatoms. The van der Waals surface area contributed by atoms with E-state index in [1.165, 1.54) is 4.90 Å². The number of carbonyl (C=O) groups is 3. The van der Waals surface area contributed by atoms with Gasteiger partial charge in [0.25, 0.3) is 0 Å². The van der Waals surface area contributed by atoms with Gasteiger partial charge < -0.3 is 5.11 Å². The summed E-state index contributed by atoms with van der Waals surface area (Å²) in [6.45, 7) is 0. The minimum Gasteiger partial charge on any atom is -0.477 e. The van der Waals surface area contributed by atoms with E-state index in [1.54, 1.807) is 36.0 Å². The highest BCUT2D eigenvalue weighted by Crippen LogP contribution is 2.40. The van der Waals surface area contributed by atoms with Crippen LogP contribution >= 0.6 is 23.5 Å². The highest BCUT2D eigenvalue weighted by Gasteiger charge is 2.45. The second-order valence-electron chi connectivity index (χ2n) is 4.93. The van der Waals surface area contributed by atoms with Crippen molar-refractivity contribution >= 4 is 40.5 Å². The summed E-state index contributed by atoms with van der Waals surface area (Å²) in [6, 6.07) is 8.86. The van der Waals surface area contributed by atoms with Gasteiger partial charge in [0.05, 0.1) is 11.8 Å². The van der Waals surface area contributed by atoms with E-state index in [1.807, 2.05) is 6.07 Å². The molecule has 22 heavy (non-hydrogen) atoms. The van der Waals surface area contributed by atoms with E-state index >= 15 is 0 Å². The van der Waals surface area contributed by atoms with E-state index in [2.05, 4.69) is 0 Å². The molecule has 1 aromatic rings. The summed E-state index contributed by atoms with van der Waals surface area (Å²) in [5, 5.41) is 9.22. The topological polar surface area (TPSA) is 74.7 Å². The first kappa shape index (κ1) is 15.2. The third-order valence-corrected chi connectivity index (χ3v) is 5.79. The fourth-order valence-electron chi connectivity index (χ4n) is 2.40. The molecule has 1 N–H and O–H groups in total. The number of fused-ring (bicyclic) bond motifs is 1. The average Bonchev–Trinajstić information content (AvgIpc) is 2.52. The molecule has 2 aliphatic rings. The second kappa shape index (κ2) is 6.18. The van der Waals surface area contributed by atoms with Gasteiger partial charge in [-0.1, -0.05) is 42.1 Å². The van der Waals surface area contributed by atoms with E-state index in [-0.39, 0.29) is 22.1 Å². The van der Waals surface area contributed by atoms with Gasteiger partial charge in [-0.3, -0.25) is 14.5 Å². The SMILES string of the molecule is O=C(O)C1=C(CSC(=O)c2ccccc2)CS[C@@H]2CC(=O)N12. The van der Waals surface area contributed by atoms with Crippen molar-refractivity contribution in [3.05, 3.63) is 47.2 Å². The quantitative estimate of drug-likeness (QED) is 0.850. The van der Waals surface area contributed by atoms with Gasteiger partial charge in [-0.2, -0.15) is 0 Å². The lowest BCUT2D eigenvalue weighted by Crippen LogP contribution is -2.54. The van der Waals surface area contributed by atoms with Gasteiger partial charge in [0.1, 0.15) is 5.70 Å². The van der Waals surface area contributed by atoms with Crippen molar-refractivity contribution in [2.45, 2.75) is 11.8 Å².